The predicted octanol–water partition coefficient (Wildman–Crippen LogP) is 2.14. The molecule has 0 saturated carbocycles. The second-order valence-corrected chi connectivity index (χ2v) is 5.95. The van der Waals surface area contributed by atoms with Gasteiger partial charge in [0.15, 0.2) is 6.61 Å². The molecule has 6 heteroatoms. The number of imidazole rings is 1. The van der Waals surface area contributed by atoms with Gasteiger partial charge in [-0.25, -0.2) is 9.78 Å². The lowest BCUT2D eigenvalue weighted by molar-refractivity contribution is -0.139. The van der Waals surface area contributed by atoms with Crippen molar-refractivity contribution in [3.8, 4) is 17.0 Å². The van der Waals surface area contributed by atoms with Gasteiger partial charge in [0.25, 0.3) is 0 Å². The molecule has 1 aromatic heterocycles. The lowest BCUT2D eigenvalue weighted by Gasteiger charge is -2.17. The van der Waals surface area contributed by atoms with Crippen LogP contribution in [0, 0.1) is 0 Å². The molecule has 0 aliphatic heterocycles. The molecule has 0 bridgehead atoms. The SMILES string of the molecule is CC(C)(N)CCn1cnc(-c2cccc(OCC(=O)O)c2)c1. The van der Waals surface area contributed by atoms with Crippen LogP contribution >= 0.6 is 0 Å². The Morgan fingerprint density at radius 1 is 1.45 bits per heavy atom. The highest BCUT2D eigenvalue weighted by atomic mass is 16.5. The van der Waals surface area contributed by atoms with E-state index in [-0.39, 0.29) is 12.1 Å². The number of nitrogens with two attached hydrogens (primary N) is 1. The van der Waals surface area contributed by atoms with Gasteiger partial charge in [-0.2, -0.15) is 0 Å². The molecule has 6 nitrogen and oxygen atoms in total. The zero-order chi connectivity index (χ0) is 16.2. The smallest absolute Gasteiger partial charge is 0.341 e. The number of nitrogens with zero attached hydrogens (tertiary/aromatic N) is 2. The monoisotopic (exact) mass is 303 g/mol. The maximum atomic E-state index is 10.5. The fourth-order valence-corrected chi connectivity index (χ4v) is 1.94. The summed E-state index contributed by atoms with van der Waals surface area (Å²) >= 11 is 0. The lowest BCUT2D eigenvalue weighted by Crippen LogP contribution is -2.32. The van der Waals surface area contributed by atoms with Crippen LogP contribution in [-0.4, -0.2) is 32.8 Å². The number of aliphatic carboxylic acids is 1. The molecule has 22 heavy (non-hydrogen) atoms. The van der Waals surface area contributed by atoms with Gasteiger partial charge in [0.1, 0.15) is 5.75 Å². The highest BCUT2D eigenvalue weighted by molar-refractivity contribution is 5.68. The van der Waals surface area contributed by atoms with E-state index in [1.165, 1.54) is 0 Å². The molecule has 0 radical (unpaired) electrons. The lowest BCUT2D eigenvalue weighted by atomic mass is 10.0. The molecular weight excluding hydrogens is 282 g/mol. The molecule has 2 aromatic rings. The van der Waals surface area contributed by atoms with Crippen molar-refractivity contribution in [2.24, 2.45) is 5.73 Å². The summed E-state index contributed by atoms with van der Waals surface area (Å²) in [5.74, 6) is -0.489. The first kappa shape index (κ1) is 16.0. The molecule has 0 aliphatic rings. The molecular formula is C16H21N3O3. The van der Waals surface area contributed by atoms with Crippen molar-refractivity contribution >= 4 is 5.97 Å². The first-order chi connectivity index (χ1) is 10.3. The average Bonchev–Trinajstić information content (AvgIpc) is 2.91. The highest BCUT2D eigenvalue weighted by Gasteiger charge is 2.11. The van der Waals surface area contributed by atoms with E-state index in [9.17, 15) is 4.79 Å². The minimum atomic E-state index is -1.00. The van der Waals surface area contributed by atoms with Crippen LogP contribution in [0.15, 0.2) is 36.8 Å². The number of carboxylic acids is 1. The van der Waals surface area contributed by atoms with E-state index in [0.29, 0.717) is 5.75 Å². The van der Waals surface area contributed by atoms with Crippen molar-refractivity contribution in [2.45, 2.75) is 32.4 Å². The van der Waals surface area contributed by atoms with Crippen LogP contribution in [0.4, 0.5) is 0 Å². The first-order valence-electron chi connectivity index (χ1n) is 7.09. The molecule has 0 fully saturated rings. The normalized spacial score (nSPS) is 11.4. The molecule has 118 valence electrons. The van der Waals surface area contributed by atoms with E-state index >= 15 is 0 Å². The van der Waals surface area contributed by atoms with E-state index in [1.807, 2.05) is 36.7 Å². The van der Waals surface area contributed by atoms with Crippen LogP contribution in [0.2, 0.25) is 0 Å². The fourth-order valence-electron chi connectivity index (χ4n) is 1.94. The van der Waals surface area contributed by atoms with Crippen molar-refractivity contribution in [3.05, 3.63) is 36.8 Å². The predicted molar refractivity (Wildman–Crippen MR) is 83.7 cm³/mol. The summed E-state index contributed by atoms with van der Waals surface area (Å²) in [7, 11) is 0. The number of aryl methyl sites for hydroxylation is 1. The summed E-state index contributed by atoms with van der Waals surface area (Å²) in [5.41, 5.74) is 7.47. The van der Waals surface area contributed by atoms with E-state index < -0.39 is 5.97 Å². The van der Waals surface area contributed by atoms with E-state index in [2.05, 4.69) is 4.98 Å². The Labute approximate surface area is 129 Å². The first-order valence-corrected chi connectivity index (χ1v) is 7.09. The van der Waals surface area contributed by atoms with Crippen LogP contribution in [0.25, 0.3) is 11.3 Å². The van der Waals surface area contributed by atoms with Gasteiger partial charge < -0.3 is 20.1 Å². The standard InChI is InChI=1S/C16H21N3O3/c1-16(2,17)6-7-19-9-14(18-11-19)12-4-3-5-13(8-12)22-10-15(20)21/h3-5,8-9,11H,6-7,10,17H2,1-2H3,(H,20,21). The highest BCUT2D eigenvalue weighted by Crippen LogP contribution is 2.22. The minimum absolute atomic E-state index is 0.213. The number of ether oxygens (including phenoxy) is 1. The topological polar surface area (TPSA) is 90.4 Å². The largest absolute Gasteiger partial charge is 0.482 e. The molecule has 0 unspecified atom stereocenters. The summed E-state index contributed by atoms with van der Waals surface area (Å²) in [4.78, 5) is 14.9. The molecule has 0 aliphatic carbocycles. The Morgan fingerprint density at radius 2 is 2.23 bits per heavy atom. The van der Waals surface area contributed by atoms with Crippen molar-refractivity contribution < 1.29 is 14.6 Å². The zero-order valence-electron chi connectivity index (χ0n) is 12.8. The molecule has 1 aromatic carbocycles. The Bertz CT molecular complexity index is 644. The average molecular weight is 303 g/mol. The molecule has 0 amide bonds. The molecule has 0 atom stereocenters. The summed E-state index contributed by atoms with van der Waals surface area (Å²) in [6.07, 6.45) is 4.57. The molecule has 2 rings (SSSR count). The summed E-state index contributed by atoms with van der Waals surface area (Å²) in [6.45, 7) is 4.43. The number of rotatable bonds is 7. The quantitative estimate of drug-likeness (QED) is 0.818. The van der Waals surface area contributed by atoms with Gasteiger partial charge in [0, 0.05) is 23.8 Å². The van der Waals surface area contributed by atoms with Gasteiger partial charge in [-0.15, -0.1) is 0 Å². The third kappa shape index (κ3) is 4.89. The number of benzene rings is 1. The Hall–Kier alpha value is -2.34. The Morgan fingerprint density at radius 3 is 2.91 bits per heavy atom. The molecule has 0 spiro atoms. The van der Waals surface area contributed by atoms with Crippen LogP contribution < -0.4 is 10.5 Å². The fraction of sp³-hybridized carbons (Fsp3) is 0.375. The molecule has 1 heterocycles. The van der Waals surface area contributed by atoms with E-state index in [4.69, 9.17) is 15.6 Å². The summed E-state index contributed by atoms with van der Waals surface area (Å²) in [6, 6.07) is 7.23. The van der Waals surface area contributed by atoms with Crippen LogP contribution in [0.1, 0.15) is 20.3 Å². The van der Waals surface area contributed by atoms with Crippen LogP contribution in [0.5, 0.6) is 5.75 Å². The third-order valence-corrected chi connectivity index (χ3v) is 3.14. The minimum Gasteiger partial charge on any atom is -0.482 e. The van der Waals surface area contributed by atoms with E-state index in [1.54, 1.807) is 18.5 Å². The van der Waals surface area contributed by atoms with Gasteiger partial charge in [-0.05, 0) is 32.4 Å². The van der Waals surface area contributed by atoms with Gasteiger partial charge in [-0.1, -0.05) is 12.1 Å². The zero-order valence-corrected chi connectivity index (χ0v) is 12.8. The van der Waals surface area contributed by atoms with Gasteiger partial charge in [0.05, 0.1) is 12.0 Å². The second-order valence-electron chi connectivity index (χ2n) is 5.95. The maximum Gasteiger partial charge on any atom is 0.341 e. The van der Waals surface area contributed by atoms with Crippen molar-refractivity contribution in [1.82, 2.24) is 9.55 Å². The number of hydrogen-bond acceptors (Lipinski definition) is 4. The molecule has 3 N–H and O–H groups in total. The van der Waals surface area contributed by atoms with Crippen LogP contribution in [0.3, 0.4) is 0 Å². The maximum absolute atomic E-state index is 10.5. The van der Waals surface area contributed by atoms with E-state index in [0.717, 1.165) is 24.2 Å². The number of carbonyl (C=O) groups is 1. The molecule has 0 saturated heterocycles. The third-order valence-electron chi connectivity index (χ3n) is 3.14. The van der Waals surface area contributed by atoms with Crippen molar-refractivity contribution in [3.63, 3.8) is 0 Å². The number of carboxylic acid groups (broad SMARTS) is 1. The number of hydrogen-bond donors (Lipinski definition) is 2. The summed E-state index contributed by atoms with van der Waals surface area (Å²) < 4.78 is 7.17. The Balaban J connectivity index is 2.07. The second kappa shape index (κ2) is 6.62. The van der Waals surface area contributed by atoms with Gasteiger partial charge in [-0.3, -0.25) is 0 Å². The van der Waals surface area contributed by atoms with Crippen molar-refractivity contribution in [2.75, 3.05) is 6.61 Å². The van der Waals surface area contributed by atoms with Gasteiger partial charge in [0.2, 0.25) is 0 Å². The number of aromatic nitrogens is 2. The summed E-state index contributed by atoms with van der Waals surface area (Å²) in [5, 5.41) is 8.64. The Kier molecular flexibility index (Phi) is 4.82. The van der Waals surface area contributed by atoms with Crippen LogP contribution in [-0.2, 0) is 11.3 Å². The van der Waals surface area contributed by atoms with Crippen molar-refractivity contribution in [1.29, 1.82) is 0 Å². The van der Waals surface area contributed by atoms with Gasteiger partial charge >= 0.3 is 5.97 Å².